The molecule has 3 aromatic rings. The topological polar surface area (TPSA) is 63.2 Å². The minimum Gasteiger partial charge on any atom is -0.321 e. The first-order valence-electron chi connectivity index (χ1n) is 8.59. The summed E-state index contributed by atoms with van der Waals surface area (Å²) < 4.78 is 52.5. The van der Waals surface area contributed by atoms with Crippen molar-refractivity contribution < 1.29 is 31.9 Å². The Morgan fingerprint density at radius 1 is 0.733 bits per heavy atom. The van der Waals surface area contributed by atoms with Crippen molar-refractivity contribution in [3.63, 3.8) is 0 Å². The van der Waals surface area contributed by atoms with E-state index in [9.17, 15) is 31.9 Å². The van der Waals surface area contributed by atoms with E-state index < -0.39 is 40.6 Å². The van der Waals surface area contributed by atoms with E-state index in [0.717, 1.165) is 30.3 Å². The lowest BCUT2D eigenvalue weighted by Gasteiger charge is -2.14. The van der Waals surface area contributed by atoms with Crippen molar-refractivity contribution in [2.75, 3.05) is 5.32 Å². The maximum atomic E-state index is 13.1. The van der Waals surface area contributed by atoms with E-state index in [2.05, 4.69) is 5.32 Å². The molecule has 0 aliphatic carbocycles. The third-order valence-corrected chi connectivity index (χ3v) is 4.19. The second-order valence-corrected chi connectivity index (χ2v) is 6.24. The van der Waals surface area contributed by atoms with Crippen LogP contribution in [0.15, 0.2) is 72.8 Å². The second-order valence-electron chi connectivity index (χ2n) is 6.24. The van der Waals surface area contributed by atoms with Gasteiger partial charge in [-0.2, -0.15) is 13.2 Å². The predicted octanol–water partition coefficient (Wildman–Crippen LogP) is 5.16. The van der Waals surface area contributed by atoms with Gasteiger partial charge in [-0.15, -0.1) is 0 Å². The highest BCUT2D eigenvalue weighted by Gasteiger charge is 2.33. The highest BCUT2D eigenvalue weighted by atomic mass is 19.4. The fourth-order valence-corrected chi connectivity index (χ4v) is 2.66. The van der Waals surface area contributed by atoms with Crippen molar-refractivity contribution in [3.8, 4) is 0 Å². The van der Waals surface area contributed by atoms with Crippen LogP contribution in [0.5, 0.6) is 0 Å². The van der Waals surface area contributed by atoms with Crippen molar-refractivity contribution in [2.45, 2.75) is 6.18 Å². The average Bonchev–Trinajstić information content (AvgIpc) is 2.73. The molecule has 0 heterocycles. The van der Waals surface area contributed by atoms with Gasteiger partial charge in [0.2, 0.25) is 11.6 Å². The normalized spacial score (nSPS) is 11.1. The Labute approximate surface area is 168 Å². The Balaban J connectivity index is 2.01. The minimum absolute atomic E-state index is 0.195. The Morgan fingerprint density at radius 3 is 1.97 bits per heavy atom. The van der Waals surface area contributed by atoms with Crippen LogP contribution < -0.4 is 5.32 Å². The number of rotatable bonds is 5. The molecule has 0 saturated heterocycles. The zero-order chi connectivity index (χ0) is 21.9. The van der Waals surface area contributed by atoms with Crippen LogP contribution in [0.25, 0.3) is 0 Å². The van der Waals surface area contributed by atoms with Gasteiger partial charge in [-0.25, -0.2) is 4.39 Å². The molecule has 3 aromatic carbocycles. The van der Waals surface area contributed by atoms with Crippen molar-refractivity contribution in [3.05, 3.63) is 101 Å². The molecule has 152 valence electrons. The number of nitrogens with one attached hydrogen (secondary N) is 1. The largest absolute Gasteiger partial charge is 0.416 e. The van der Waals surface area contributed by atoms with Crippen LogP contribution in [0, 0.1) is 5.82 Å². The number of amides is 1. The van der Waals surface area contributed by atoms with Gasteiger partial charge in [0.25, 0.3) is 5.91 Å². The number of halogens is 4. The average molecular weight is 415 g/mol. The van der Waals surface area contributed by atoms with E-state index in [1.165, 1.54) is 12.1 Å². The van der Waals surface area contributed by atoms with Gasteiger partial charge in [-0.1, -0.05) is 18.2 Å². The molecule has 8 heteroatoms. The smallest absolute Gasteiger partial charge is 0.321 e. The fourth-order valence-electron chi connectivity index (χ4n) is 2.66. The number of hydrogen-bond acceptors (Lipinski definition) is 3. The van der Waals surface area contributed by atoms with Gasteiger partial charge in [0, 0.05) is 11.1 Å². The summed E-state index contributed by atoms with van der Waals surface area (Å²) in [6.07, 6.45) is -4.77. The number of anilines is 1. The van der Waals surface area contributed by atoms with Crippen LogP contribution in [0.4, 0.5) is 23.2 Å². The zero-order valence-corrected chi connectivity index (χ0v) is 15.2. The van der Waals surface area contributed by atoms with E-state index >= 15 is 0 Å². The molecule has 0 radical (unpaired) electrons. The Morgan fingerprint density at radius 2 is 1.37 bits per heavy atom. The Hall–Kier alpha value is -3.81. The number of carbonyl (C=O) groups excluding carboxylic acids is 3. The summed E-state index contributed by atoms with van der Waals surface area (Å²) in [6.45, 7) is 0. The molecule has 3 rings (SSSR count). The molecule has 0 atom stereocenters. The predicted molar refractivity (Wildman–Crippen MR) is 101 cm³/mol. The summed E-state index contributed by atoms with van der Waals surface area (Å²) >= 11 is 0. The molecule has 0 aromatic heterocycles. The summed E-state index contributed by atoms with van der Waals surface area (Å²) in [5.74, 6) is -3.71. The first-order valence-corrected chi connectivity index (χ1v) is 8.59. The Bertz CT molecular complexity index is 1110. The third-order valence-electron chi connectivity index (χ3n) is 4.19. The lowest BCUT2D eigenvalue weighted by atomic mass is 9.98. The lowest BCUT2D eigenvalue weighted by molar-refractivity contribution is -0.137. The molecule has 30 heavy (non-hydrogen) atoms. The molecule has 0 bridgehead atoms. The van der Waals surface area contributed by atoms with Gasteiger partial charge in [-0.3, -0.25) is 14.4 Å². The van der Waals surface area contributed by atoms with E-state index in [1.54, 1.807) is 18.2 Å². The van der Waals surface area contributed by atoms with E-state index in [4.69, 9.17) is 0 Å². The second kappa shape index (κ2) is 8.28. The van der Waals surface area contributed by atoms with Crippen LogP contribution in [0.3, 0.4) is 0 Å². The van der Waals surface area contributed by atoms with Crippen molar-refractivity contribution in [1.82, 2.24) is 0 Å². The molecule has 1 N–H and O–H groups in total. The summed E-state index contributed by atoms with van der Waals surface area (Å²) in [4.78, 5) is 37.5. The number of carbonyl (C=O) groups is 3. The maximum absolute atomic E-state index is 13.1. The molecule has 0 aliphatic rings. The maximum Gasteiger partial charge on any atom is 0.416 e. The van der Waals surface area contributed by atoms with Crippen LogP contribution in [0.1, 0.15) is 36.6 Å². The lowest BCUT2D eigenvalue weighted by Crippen LogP contribution is -2.20. The third kappa shape index (κ3) is 4.60. The van der Waals surface area contributed by atoms with Gasteiger partial charge in [0.1, 0.15) is 5.82 Å². The SMILES string of the molecule is O=C(Nc1ccc(C(F)(F)F)cc1C(=O)C(=O)c1ccc(F)cc1)c1ccccc1. The van der Waals surface area contributed by atoms with Crippen molar-refractivity contribution >= 4 is 23.2 Å². The van der Waals surface area contributed by atoms with Gasteiger partial charge < -0.3 is 5.32 Å². The molecule has 0 fully saturated rings. The van der Waals surface area contributed by atoms with Crippen LogP contribution in [-0.4, -0.2) is 17.5 Å². The molecule has 0 unspecified atom stereocenters. The first kappa shape index (κ1) is 20.9. The van der Waals surface area contributed by atoms with E-state index in [0.29, 0.717) is 12.1 Å². The summed E-state index contributed by atoms with van der Waals surface area (Å²) in [7, 11) is 0. The number of hydrogen-bond donors (Lipinski definition) is 1. The van der Waals surface area contributed by atoms with Crippen LogP contribution in [0.2, 0.25) is 0 Å². The quantitative estimate of drug-likeness (QED) is 0.356. The van der Waals surface area contributed by atoms with E-state index in [-0.39, 0.29) is 16.8 Å². The molecular formula is C22H13F4NO3. The van der Waals surface area contributed by atoms with Crippen molar-refractivity contribution in [2.24, 2.45) is 0 Å². The number of Topliss-reactive ketones (excluding diaryl/α,β-unsaturated/α-hetero) is 2. The standard InChI is InChI=1S/C22H13F4NO3/c23-16-9-6-13(7-10-16)19(28)20(29)17-12-15(22(24,25)26)8-11-18(17)27-21(30)14-4-2-1-3-5-14/h1-12H,(H,27,30). The molecule has 1 amide bonds. The zero-order valence-electron chi connectivity index (χ0n) is 15.2. The molecule has 0 spiro atoms. The molecule has 0 saturated carbocycles. The number of alkyl halides is 3. The van der Waals surface area contributed by atoms with Gasteiger partial charge >= 0.3 is 6.18 Å². The summed E-state index contributed by atoms with van der Waals surface area (Å²) in [6, 6.07) is 13.9. The van der Waals surface area contributed by atoms with Gasteiger partial charge in [0.15, 0.2) is 0 Å². The highest BCUT2D eigenvalue weighted by molar-refractivity contribution is 6.50. The molecular weight excluding hydrogens is 402 g/mol. The van der Waals surface area contributed by atoms with E-state index in [1.807, 2.05) is 0 Å². The molecule has 4 nitrogen and oxygen atoms in total. The minimum atomic E-state index is -4.77. The summed E-state index contributed by atoms with van der Waals surface area (Å²) in [5, 5.41) is 2.36. The van der Waals surface area contributed by atoms with Gasteiger partial charge in [0.05, 0.1) is 16.8 Å². The van der Waals surface area contributed by atoms with Crippen LogP contribution >= 0.6 is 0 Å². The monoisotopic (exact) mass is 415 g/mol. The highest BCUT2D eigenvalue weighted by Crippen LogP contribution is 2.32. The van der Waals surface area contributed by atoms with Gasteiger partial charge in [-0.05, 0) is 54.6 Å². The summed E-state index contributed by atoms with van der Waals surface area (Å²) in [5.41, 5.74) is -2.02. The van der Waals surface area contributed by atoms with Crippen LogP contribution in [-0.2, 0) is 6.18 Å². The Kier molecular flexibility index (Phi) is 5.77. The number of benzene rings is 3. The van der Waals surface area contributed by atoms with Crippen molar-refractivity contribution in [1.29, 1.82) is 0 Å². The molecule has 0 aliphatic heterocycles. The number of ketones is 2. The first-order chi connectivity index (χ1) is 14.2. The fraction of sp³-hybridized carbons (Fsp3) is 0.0455.